The first-order valence-electron chi connectivity index (χ1n) is 11.4. The number of para-hydroxylation sites is 1. The minimum atomic E-state index is 0.414. The van der Waals surface area contributed by atoms with Gasteiger partial charge in [-0.15, -0.1) is 0 Å². The van der Waals surface area contributed by atoms with Gasteiger partial charge in [-0.2, -0.15) is 5.10 Å². The lowest BCUT2D eigenvalue weighted by Gasteiger charge is -2.31. The van der Waals surface area contributed by atoms with Crippen molar-refractivity contribution >= 4 is 0 Å². The summed E-state index contributed by atoms with van der Waals surface area (Å²) in [6.45, 7) is 12.0. The normalized spacial score (nSPS) is 20.4. The van der Waals surface area contributed by atoms with Crippen LogP contribution in [0.3, 0.4) is 0 Å². The lowest BCUT2D eigenvalue weighted by molar-refractivity contribution is -0.933. The molecule has 1 aromatic carbocycles. The van der Waals surface area contributed by atoms with Crippen LogP contribution < -0.4 is 14.5 Å². The maximum Gasteiger partial charge on any atom is 0.127 e. The van der Waals surface area contributed by atoms with Crippen LogP contribution in [-0.2, 0) is 17.8 Å². The summed E-state index contributed by atoms with van der Waals surface area (Å²) in [5.41, 5.74) is 2.65. The van der Waals surface area contributed by atoms with Gasteiger partial charge in [0.2, 0.25) is 0 Å². The van der Waals surface area contributed by atoms with Gasteiger partial charge in [-0.1, -0.05) is 12.1 Å². The minimum absolute atomic E-state index is 0.414. The second-order valence-electron chi connectivity index (χ2n) is 8.98. The van der Waals surface area contributed by atoms with Crippen molar-refractivity contribution in [2.24, 2.45) is 5.92 Å². The highest BCUT2D eigenvalue weighted by atomic mass is 16.5. The molecule has 3 rings (SSSR count). The molecular formula is C24H40N4O2+2. The molecule has 1 fully saturated rings. The Kier molecular flexibility index (Phi) is 8.73. The quantitative estimate of drug-likeness (QED) is 0.575. The average Bonchev–Trinajstić information content (AvgIpc) is 3.22. The zero-order valence-corrected chi connectivity index (χ0v) is 19.2. The Morgan fingerprint density at radius 1 is 1.20 bits per heavy atom. The van der Waals surface area contributed by atoms with Gasteiger partial charge in [0.25, 0.3) is 0 Å². The summed E-state index contributed by atoms with van der Waals surface area (Å²) < 4.78 is 13.0. The first-order valence-corrected chi connectivity index (χ1v) is 11.4. The number of hydrogen-bond acceptors (Lipinski definition) is 3. The average molecular weight is 417 g/mol. The summed E-state index contributed by atoms with van der Waals surface area (Å²) >= 11 is 0. The Hall–Kier alpha value is -1.89. The number of nitrogens with zero attached hydrogens (tertiary/aromatic N) is 2. The summed E-state index contributed by atoms with van der Waals surface area (Å²) in [6, 6.07) is 8.84. The third-order valence-corrected chi connectivity index (χ3v) is 6.32. The number of likely N-dealkylation sites (tertiary alicyclic amines) is 1. The van der Waals surface area contributed by atoms with Gasteiger partial charge in [0.05, 0.1) is 39.5 Å². The van der Waals surface area contributed by atoms with Crippen molar-refractivity contribution in [2.75, 3.05) is 47.0 Å². The summed E-state index contributed by atoms with van der Waals surface area (Å²) in [7, 11) is 3.57. The molecule has 166 valence electrons. The molecule has 1 unspecified atom stereocenters. The number of ether oxygens (including phenoxy) is 2. The smallest absolute Gasteiger partial charge is 0.127 e. The fraction of sp³-hybridized carbons (Fsp3) is 0.625. The van der Waals surface area contributed by atoms with Crippen molar-refractivity contribution in [3.05, 3.63) is 47.8 Å². The van der Waals surface area contributed by atoms with E-state index in [-0.39, 0.29) is 0 Å². The van der Waals surface area contributed by atoms with Crippen LogP contribution in [0.2, 0.25) is 0 Å². The number of benzene rings is 1. The highest BCUT2D eigenvalue weighted by Gasteiger charge is 2.26. The van der Waals surface area contributed by atoms with Crippen molar-refractivity contribution in [3.8, 4) is 5.75 Å². The second kappa shape index (κ2) is 11.5. The topological polar surface area (TPSA) is 45.2 Å². The Morgan fingerprint density at radius 2 is 1.97 bits per heavy atom. The Morgan fingerprint density at radius 3 is 2.63 bits per heavy atom. The molecule has 0 aliphatic carbocycles. The lowest BCUT2D eigenvalue weighted by Crippen LogP contribution is -3.14. The zero-order valence-electron chi connectivity index (χ0n) is 19.2. The van der Waals surface area contributed by atoms with Gasteiger partial charge in [0.15, 0.2) is 0 Å². The van der Waals surface area contributed by atoms with Crippen molar-refractivity contribution in [1.29, 1.82) is 0 Å². The highest BCUT2D eigenvalue weighted by molar-refractivity contribution is 5.32. The van der Waals surface area contributed by atoms with Gasteiger partial charge >= 0.3 is 0 Å². The maximum atomic E-state index is 5.54. The molecule has 0 amide bonds. The van der Waals surface area contributed by atoms with Crippen LogP contribution in [0.1, 0.15) is 43.9 Å². The lowest BCUT2D eigenvalue weighted by atomic mass is 9.95. The molecule has 1 aliphatic heterocycles. The molecule has 30 heavy (non-hydrogen) atoms. The van der Waals surface area contributed by atoms with E-state index in [1.807, 2.05) is 12.3 Å². The first kappa shape index (κ1) is 22.8. The van der Waals surface area contributed by atoms with E-state index in [4.69, 9.17) is 9.47 Å². The van der Waals surface area contributed by atoms with E-state index in [2.05, 4.69) is 48.0 Å². The number of piperidine rings is 1. The number of methoxy groups -OCH3 is 2. The van der Waals surface area contributed by atoms with Crippen molar-refractivity contribution in [3.63, 3.8) is 0 Å². The van der Waals surface area contributed by atoms with Gasteiger partial charge in [0.1, 0.15) is 25.4 Å². The molecule has 0 saturated carbocycles. The van der Waals surface area contributed by atoms with Crippen molar-refractivity contribution in [2.45, 2.75) is 45.8 Å². The summed E-state index contributed by atoms with van der Waals surface area (Å²) in [5, 5.41) is 4.52. The molecule has 6 nitrogen and oxygen atoms in total. The third kappa shape index (κ3) is 6.56. The highest BCUT2D eigenvalue weighted by Crippen LogP contribution is 2.16. The Bertz CT molecular complexity index is 753. The van der Waals surface area contributed by atoms with Gasteiger partial charge in [-0.3, -0.25) is 4.68 Å². The molecule has 2 aromatic rings. The fourth-order valence-electron chi connectivity index (χ4n) is 4.54. The molecular weight excluding hydrogens is 376 g/mol. The van der Waals surface area contributed by atoms with Crippen LogP contribution in [0.4, 0.5) is 0 Å². The number of quaternary nitrogens is 2. The van der Waals surface area contributed by atoms with E-state index < -0.39 is 0 Å². The summed E-state index contributed by atoms with van der Waals surface area (Å²) in [6.07, 6.45) is 6.84. The van der Waals surface area contributed by atoms with E-state index in [9.17, 15) is 0 Å². The Balaban J connectivity index is 1.51. The van der Waals surface area contributed by atoms with E-state index in [0.717, 1.165) is 37.9 Å². The van der Waals surface area contributed by atoms with Crippen molar-refractivity contribution in [1.82, 2.24) is 9.78 Å². The SMILES string of the molecule is COCC[NH+](Cc1cnn(C(C)C)c1)CC1CC[NH+](Cc2ccccc2OC)CC1. The van der Waals surface area contributed by atoms with Crippen LogP contribution in [-0.4, -0.2) is 56.8 Å². The molecule has 0 bridgehead atoms. The summed E-state index contributed by atoms with van der Waals surface area (Å²) in [5.74, 6) is 1.81. The van der Waals surface area contributed by atoms with E-state index in [1.54, 1.807) is 24.0 Å². The maximum absolute atomic E-state index is 5.54. The number of hydrogen-bond donors (Lipinski definition) is 2. The Labute approximate surface area is 181 Å². The first-order chi connectivity index (χ1) is 14.6. The molecule has 0 radical (unpaired) electrons. The van der Waals surface area contributed by atoms with Crippen LogP contribution in [0, 0.1) is 5.92 Å². The molecule has 1 saturated heterocycles. The second-order valence-corrected chi connectivity index (χ2v) is 8.98. The fourth-order valence-corrected chi connectivity index (χ4v) is 4.54. The van der Waals surface area contributed by atoms with Gasteiger partial charge in [0, 0.05) is 49.2 Å². The molecule has 6 heteroatoms. The summed E-state index contributed by atoms with van der Waals surface area (Å²) in [4.78, 5) is 3.28. The molecule has 2 heterocycles. The van der Waals surface area contributed by atoms with Gasteiger partial charge in [-0.05, 0) is 26.0 Å². The van der Waals surface area contributed by atoms with Crippen LogP contribution in [0.5, 0.6) is 5.75 Å². The molecule has 1 aliphatic rings. The van der Waals surface area contributed by atoms with E-state index >= 15 is 0 Å². The van der Waals surface area contributed by atoms with Crippen LogP contribution in [0.15, 0.2) is 36.7 Å². The number of nitrogens with one attached hydrogen (secondary N) is 2. The molecule has 1 atom stereocenters. The van der Waals surface area contributed by atoms with Crippen molar-refractivity contribution < 1.29 is 19.3 Å². The number of aromatic nitrogens is 2. The predicted octanol–water partition coefficient (Wildman–Crippen LogP) is 0.999. The molecule has 2 N–H and O–H groups in total. The minimum Gasteiger partial charge on any atom is -0.496 e. The van der Waals surface area contributed by atoms with E-state index in [1.165, 1.54) is 43.6 Å². The monoisotopic (exact) mass is 416 g/mol. The van der Waals surface area contributed by atoms with Gasteiger partial charge < -0.3 is 19.3 Å². The van der Waals surface area contributed by atoms with E-state index in [0.29, 0.717) is 6.04 Å². The third-order valence-electron chi connectivity index (χ3n) is 6.32. The van der Waals surface area contributed by atoms with Gasteiger partial charge in [-0.25, -0.2) is 0 Å². The molecule has 0 spiro atoms. The number of rotatable bonds is 11. The standard InChI is InChI=1S/C24H38N4O2/c1-20(2)28-18-22(15-25-28)17-27(13-14-29-3)16-21-9-11-26(12-10-21)19-23-7-5-6-8-24(23)30-4/h5-8,15,18,20-21H,9-14,16-17,19H2,1-4H3/p+2. The zero-order chi connectivity index (χ0) is 21.3. The van der Waals surface area contributed by atoms with Crippen LogP contribution >= 0.6 is 0 Å². The van der Waals surface area contributed by atoms with Crippen LogP contribution in [0.25, 0.3) is 0 Å². The predicted molar refractivity (Wildman–Crippen MR) is 119 cm³/mol. The largest absolute Gasteiger partial charge is 0.496 e. The molecule has 1 aromatic heterocycles.